The molecule has 1 aliphatic heterocycles. The third kappa shape index (κ3) is 3.18. The Morgan fingerprint density at radius 2 is 1.58 bits per heavy atom. The van der Waals surface area contributed by atoms with Gasteiger partial charge in [-0.25, -0.2) is 0 Å². The molecule has 132 valence electrons. The first-order valence-corrected chi connectivity index (χ1v) is 8.88. The molecule has 0 amide bonds. The van der Waals surface area contributed by atoms with Crippen LogP contribution in [0.2, 0.25) is 0 Å². The number of hydrogen-bond acceptors (Lipinski definition) is 3. The van der Waals surface area contributed by atoms with Gasteiger partial charge in [0.15, 0.2) is 0 Å². The van der Waals surface area contributed by atoms with Gasteiger partial charge in [-0.15, -0.1) is 0 Å². The van der Waals surface area contributed by atoms with E-state index in [-0.39, 0.29) is 12.0 Å². The minimum Gasteiger partial charge on any atom is -0.497 e. The van der Waals surface area contributed by atoms with Crippen molar-refractivity contribution in [2.75, 3.05) is 7.11 Å². The Kier molecular flexibility index (Phi) is 4.63. The van der Waals surface area contributed by atoms with E-state index in [1.165, 1.54) is 0 Å². The van der Waals surface area contributed by atoms with Gasteiger partial charge in [0.25, 0.3) is 0 Å². The van der Waals surface area contributed by atoms with Gasteiger partial charge < -0.3 is 14.6 Å². The van der Waals surface area contributed by atoms with Gasteiger partial charge in [-0.1, -0.05) is 60.7 Å². The summed E-state index contributed by atoms with van der Waals surface area (Å²) in [6.45, 7) is 0. The summed E-state index contributed by atoms with van der Waals surface area (Å²) in [6.07, 6.45) is -0.0468. The van der Waals surface area contributed by atoms with Gasteiger partial charge in [-0.05, 0) is 35.7 Å². The topological polar surface area (TPSA) is 38.7 Å². The zero-order chi connectivity index (χ0) is 17.9. The molecule has 0 unspecified atom stereocenters. The van der Waals surface area contributed by atoms with Gasteiger partial charge in [-0.2, -0.15) is 0 Å². The zero-order valence-corrected chi connectivity index (χ0v) is 14.7. The van der Waals surface area contributed by atoms with Crippen molar-refractivity contribution in [1.29, 1.82) is 0 Å². The smallest absolute Gasteiger partial charge is 0.130 e. The molecule has 0 fully saturated rings. The van der Waals surface area contributed by atoms with Crippen LogP contribution in [0, 0.1) is 5.92 Å². The molecule has 0 aromatic heterocycles. The van der Waals surface area contributed by atoms with E-state index >= 15 is 0 Å². The van der Waals surface area contributed by atoms with E-state index in [9.17, 15) is 5.11 Å². The molecule has 0 aliphatic carbocycles. The van der Waals surface area contributed by atoms with Crippen molar-refractivity contribution in [3.05, 3.63) is 95.6 Å². The Morgan fingerprint density at radius 1 is 0.885 bits per heavy atom. The monoisotopic (exact) mass is 346 g/mol. The van der Waals surface area contributed by atoms with E-state index in [1.54, 1.807) is 7.11 Å². The zero-order valence-electron chi connectivity index (χ0n) is 14.7. The summed E-state index contributed by atoms with van der Waals surface area (Å²) in [5, 5.41) is 11.1. The number of aliphatic hydroxyl groups is 1. The quantitative estimate of drug-likeness (QED) is 0.743. The lowest BCUT2D eigenvalue weighted by Gasteiger charge is -2.37. The van der Waals surface area contributed by atoms with Gasteiger partial charge in [0.1, 0.15) is 17.6 Å². The van der Waals surface area contributed by atoms with Crippen LogP contribution in [0.4, 0.5) is 0 Å². The van der Waals surface area contributed by atoms with E-state index < -0.39 is 6.10 Å². The number of fused-ring (bicyclic) bond motifs is 1. The van der Waals surface area contributed by atoms with Crippen LogP contribution >= 0.6 is 0 Å². The predicted molar refractivity (Wildman–Crippen MR) is 101 cm³/mol. The molecule has 1 heterocycles. The summed E-state index contributed by atoms with van der Waals surface area (Å²) < 4.78 is 11.6. The Balaban J connectivity index is 1.70. The summed E-state index contributed by atoms with van der Waals surface area (Å²) in [5.41, 5.74) is 3.09. The third-order valence-corrected chi connectivity index (χ3v) is 5.04. The molecule has 0 radical (unpaired) electrons. The van der Waals surface area contributed by atoms with Gasteiger partial charge >= 0.3 is 0 Å². The van der Waals surface area contributed by atoms with E-state index in [0.29, 0.717) is 0 Å². The average Bonchev–Trinajstić information content (AvgIpc) is 2.71. The average molecular weight is 346 g/mol. The van der Waals surface area contributed by atoms with Crippen LogP contribution in [0.5, 0.6) is 11.5 Å². The van der Waals surface area contributed by atoms with Crippen LogP contribution in [0.25, 0.3) is 0 Å². The SMILES string of the molecule is COc1ccc(C[C@H]2[C@H](O)c3ccccc3O[C@@H]2c2ccccc2)cc1. The molecule has 3 heteroatoms. The number of rotatable bonds is 4. The predicted octanol–water partition coefficient (Wildman–Crippen LogP) is 4.72. The van der Waals surface area contributed by atoms with E-state index in [1.807, 2.05) is 66.7 Å². The summed E-state index contributed by atoms with van der Waals surface area (Å²) in [5.74, 6) is 1.53. The molecular weight excluding hydrogens is 324 g/mol. The molecule has 3 atom stereocenters. The van der Waals surface area contributed by atoms with E-state index in [4.69, 9.17) is 9.47 Å². The van der Waals surface area contributed by atoms with Gasteiger partial charge in [0, 0.05) is 11.5 Å². The highest BCUT2D eigenvalue weighted by molar-refractivity contribution is 5.40. The molecule has 26 heavy (non-hydrogen) atoms. The highest BCUT2D eigenvalue weighted by Crippen LogP contribution is 2.46. The third-order valence-electron chi connectivity index (χ3n) is 5.04. The van der Waals surface area contributed by atoms with Gasteiger partial charge in [-0.3, -0.25) is 0 Å². The summed E-state index contributed by atoms with van der Waals surface area (Å²) in [4.78, 5) is 0. The first-order valence-electron chi connectivity index (χ1n) is 8.88. The van der Waals surface area contributed by atoms with Crippen molar-refractivity contribution >= 4 is 0 Å². The molecule has 0 spiro atoms. The summed E-state index contributed by atoms with van der Waals surface area (Å²) in [6, 6.07) is 25.9. The fourth-order valence-corrected chi connectivity index (χ4v) is 3.66. The Hall–Kier alpha value is -2.78. The molecule has 3 aromatic carbocycles. The number of benzene rings is 3. The number of para-hydroxylation sites is 1. The Morgan fingerprint density at radius 3 is 2.31 bits per heavy atom. The van der Waals surface area contributed by atoms with Crippen LogP contribution < -0.4 is 9.47 Å². The molecule has 0 saturated carbocycles. The highest BCUT2D eigenvalue weighted by atomic mass is 16.5. The van der Waals surface area contributed by atoms with Crippen LogP contribution in [-0.2, 0) is 6.42 Å². The molecule has 0 saturated heterocycles. The van der Waals surface area contributed by atoms with Crippen molar-refractivity contribution in [1.82, 2.24) is 0 Å². The second kappa shape index (κ2) is 7.22. The van der Waals surface area contributed by atoms with Crippen molar-refractivity contribution in [3.63, 3.8) is 0 Å². The molecule has 1 N–H and O–H groups in total. The summed E-state index contributed by atoms with van der Waals surface area (Å²) in [7, 11) is 1.66. The summed E-state index contributed by atoms with van der Waals surface area (Å²) >= 11 is 0. The van der Waals surface area contributed by atoms with Crippen molar-refractivity contribution in [2.24, 2.45) is 5.92 Å². The first-order chi connectivity index (χ1) is 12.8. The molecule has 3 nitrogen and oxygen atoms in total. The number of aliphatic hydroxyl groups excluding tert-OH is 1. The van der Waals surface area contributed by atoms with Crippen molar-refractivity contribution in [2.45, 2.75) is 18.6 Å². The first kappa shape index (κ1) is 16.7. The maximum atomic E-state index is 11.1. The lowest BCUT2D eigenvalue weighted by molar-refractivity contribution is -0.00177. The fourth-order valence-electron chi connectivity index (χ4n) is 3.66. The second-order valence-corrected chi connectivity index (χ2v) is 6.65. The van der Waals surface area contributed by atoms with Crippen LogP contribution in [0.3, 0.4) is 0 Å². The maximum absolute atomic E-state index is 11.1. The van der Waals surface area contributed by atoms with Crippen molar-refractivity contribution in [3.8, 4) is 11.5 Å². The van der Waals surface area contributed by atoms with E-state index in [0.717, 1.165) is 34.6 Å². The van der Waals surface area contributed by atoms with Crippen molar-refractivity contribution < 1.29 is 14.6 Å². The second-order valence-electron chi connectivity index (χ2n) is 6.65. The van der Waals surface area contributed by atoms with Crippen LogP contribution in [0.15, 0.2) is 78.9 Å². The fraction of sp³-hybridized carbons (Fsp3) is 0.217. The lowest BCUT2D eigenvalue weighted by Crippen LogP contribution is -2.31. The molecule has 0 bridgehead atoms. The van der Waals surface area contributed by atoms with Crippen LogP contribution in [0.1, 0.15) is 28.9 Å². The molecule has 1 aliphatic rings. The molecule has 4 rings (SSSR count). The minimum absolute atomic E-state index is 0.0688. The Labute approximate surface area is 153 Å². The largest absolute Gasteiger partial charge is 0.497 e. The molecular formula is C23H22O3. The minimum atomic E-state index is -0.577. The van der Waals surface area contributed by atoms with E-state index in [2.05, 4.69) is 12.1 Å². The van der Waals surface area contributed by atoms with Gasteiger partial charge in [0.05, 0.1) is 13.2 Å². The standard InChI is InChI=1S/C23H22O3/c1-25-18-13-11-16(12-14-18)15-20-22(24)19-9-5-6-10-21(19)26-23(20)17-7-3-2-4-8-17/h2-14,20,22-24H,15H2,1H3/t20-,22+,23+/m0/s1. The van der Waals surface area contributed by atoms with Gasteiger partial charge in [0.2, 0.25) is 0 Å². The molecule has 3 aromatic rings. The lowest BCUT2D eigenvalue weighted by atomic mass is 9.80. The normalized spacial score (nSPS) is 21.5. The maximum Gasteiger partial charge on any atom is 0.130 e. The van der Waals surface area contributed by atoms with Crippen LogP contribution in [-0.4, -0.2) is 12.2 Å². The Bertz CT molecular complexity index is 858. The number of hydrogen-bond donors (Lipinski definition) is 1. The number of ether oxygens (including phenoxy) is 2. The highest BCUT2D eigenvalue weighted by Gasteiger charge is 2.38. The number of methoxy groups -OCH3 is 1.